The van der Waals surface area contributed by atoms with Crippen molar-refractivity contribution >= 4 is 0 Å². The molecular formula is C15H30N2. The summed E-state index contributed by atoms with van der Waals surface area (Å²) in [7, 11) is 0. The second-order valence-corrected chi connectivity index (χ2v) is 6.43. The summed E-state index contributed by atoms with van der Waals surface area (Å²) in [5.74, 6) is 1.84. The molecule has 17 heavy (non-hydrogen) atoms. The van der Waals surface area contributed by atoms with Crippen LogP contribution in [0.15, 0.2) is 0 Å². The van der Waals surface area contributed by atoms with Crippen molar-refractivity contribution in [2.45, 2.75) is 65.0 Å². The third kappa shape index (κ3) is 4.26. The van der Waals surface area contributed by atoms with Crippen molar-refractivity contribution in [1.82, 2.24) is 10.2 Å². The third-order valence-electron chi connectivity index (χ3n) is 4.48. The fourth-order valence-electron chi connectivity index (χ4n) is 3.56. The molecular weight excluding hydrogens is 208 g/mol. The van der Waals surface area contributed by atoms with Crippen LogP contribution in [-0.2, 0) is 0 Å². The maximum absolute atomic E-state index is 3.79. The van der Waals surface area contributed by atoms with Gasteiger partial charge in [-0.3, -0.25) is 4.90 Å². The lowest BCUT2D eigenvalue weighted by atomic mass is 9.80. The fraction of sp³-hybridized carbons (Fsp3) is 1.00. The van der Waals surface area contributed by atoms with E-state index in [0.717, 1.165) is 23.9 Å². The van der Waals surface area contributed by atoms with Crippen LogP contribution in [-0.4, -0.2) is 36.6 Å². The quantitative estimate of drug-likeness (QED) is 0.765. The number of likely N-dealkylation sites (N-methyl/N-ethyl adjacent to an activating group) is 1. The van der Waals surface area contributed by atoms with Gasteiger partial charge in [-0.25, -0.2) is 0 Å². The molecule has 0 aromatic carbocycles. The Kier molecular flexibility index (Phi) is 4.87. The molecule has 2 unspecified atom stereocenters. The van der Waals surface area contributed by atoms with Gasteiger partial charge in [-0.1, -0.05) is 20.8 Å². The van der Waals surface area contributed by atoms with E-state index < -0.39 is 0 Å². The Morgan fingerprint density at radius 2 is 1.71 bits per heavy atom. The van der Waals surface area contributed by atoms with Crippen LogP contribution in [0.5, 0.6) is 0 Å². The molecule has 0 radical (unpaired) electrons. The summed E-state index contributed by atoms with van der Waals surface area (Å²) in [5, 5.41) is 3.79. The van der Waals surface area contributed by atoms with Gasteiger partial charge in [-0.05, 0) is 50.5 Å². The number of nitrogens with one attached hydrogen (secondary N) is 1. The Labute approximate surface area is 107 Å². The third-order valence-corrected chi connectivity index (χ3v) is 4.48. The molecule has 100 valence electrons. The average Bonchev–Trinajstić information content (AvgIpc) is 3.07. The molecule has 2 atom stereocenters. The Morgan fingerprint density at radius 3 is 2.24 bits per heavy atom. The van der Waals surface area contributed by atoms with Gasteiger partial charge in [-0.2, -0.15) is 0 Å². The highest BCUT2D eigenvalue weighted by atomic mass is 15.2. The Balaban J connectivity index is 1.63. The topological polar surface area (TPSA) is 15.3 Å². The van der Waals surface area contributed by atoms with Crippen LogP contribution < -0.4 is 5.32 Å². The van der Waals surface area contributed by atoms with Crippen molar-refractivity contribution in [3.8, 4) is 0 Å². The minimum atomic E-state index is 0.784. The smallest absolute Gasteiger partial charge is 0.0110 e. The summed E-state index contributed by atoms with van der Waals surface area (Å²) < 4.78 is 0. The molecule has 1 N–H and O–H groups in total. The van der Waals surface area contributed by atoms with E-state index >= 15 is 0 Å². The lowest BCUT2D eigenvalue weighted by Gasteiger charge is -2.32. The Hall–Kier alpha value is -0.0800. The van der Waals surface area contributed by atoms with Crippen LogP contribution in [0.2, 0.25) is 0 Å². The van der Waals surface area contributed by atoms with Crippen molar-refractivity contribution in [2.75, 3.05) is 19.6 Å². The standard InChI is InChI=1S/C15H30N2/c1-4-17(15-5-6-15)8-7-16-14-10-12(2)9-13(3)11-14/h12-16H,4-11H2,1-3H3. The molecule has 2 nitrogen and oxygen atoms in total. The van der Waals surface area contributed by atoms with Gasteiger partial charge in [0.1, 0.15) is 0 Å². The van der Waals surface area contributed by atoms with E-state index in [0.29, 0.717) is 0 Å². The minimum Gasteiger partial charge on any atom is -0.313 e. The maximum atomic E-state index is 3.79. The van der Waals surface area contributed by atoms with Crippen molar-refractivity contribution in [3.05, 3.63) is 0 Å². The van der Waals surface area contributed by atoms with Gasteiger partial charge in [0.05, 0.1) is 0 Å². The monoisotopic (exact) mass is 238 g/mol. The highest BCUT2D eigenvalue weighted by molar-refractivity contribution is 4.85. The molecule has 0 heterocycles. The minimum absolute atomic E-state index is 0.784. The van der Waals surface area contributed by atoms with Gasteiger partial charge in [-0.15, -0.1) is 0 Å². The first kappa shape index (κ1) is 13.4. The second-order valence-electron chi connectivity index (χ2n) is 6.43. The molecule has 0 saturated heterocycles. The van der Waals surface area contributed by atoms with Crippen LogP contribution in [0.25, 0.3) is 0 Å². The average molecular weight is 238 g/mol. The largest absolute Gasteiger partial charge is 0.313 e. The molecule has 2 aliphatic rings. The highest BCUT2D eigenvalue weighted by Gasteiger charge is 2.28. The van der Waals surface area contributed by atoms with Crippen molar-refractivity contribution in [3.63, 3.8) is 0 Å². The Bertz CT molecular complexity index is 215. The fourth-order valence-corrected chi connectivity index (χ4v) is 3.56. The van der Waals surface area contributed by atoms with Gasteiger partial charge < -0.3 is 5.32 Å². The number of nitrogens with zero attached hydrogens (tertiary/aromatic N) is 1. The number of hydrogen-bond donors (Lipinski definition) is 1. The maximum Gasteiger partial charge on any atom is 0.0110 e. The molecule has 0 aromatic rings. The summed E-state index contributed by atoms with van der Waals surface area (Å²) in [5.41, 5.74) is 0. The summed E-state index contributed by atoms with van der Waals surface area (Å²) >= 11 is 0. The van der Waals surface area contributed by atoms with Gasteiger partial charge >= 0.3 is 0 Å². The summed E-state index contributed by atoms with van der Waals surface area (Å²) in [4.78, 5) is 2.64. The van der Waals surface area contributed by atoms with Gasteiger partial charge in [0, 0.05) is 25.2 Å². The number of rotatable bonds is 6. The van der Waals surface area contributed by atoms with Gasteiger partial charge in [0.15, 0.2) is 0 Å². The lowest BCUT2D eigenvalue weighted by molar-refractivity contribution is 0.222. The SMILES string of the molecule is CCN(CCNC1CC(C)CC(C)C1)C1CC1. The molecule has 0 amide bonds. The van der Waals surface area contributed by atoms with E-state index in [-0.39, 0.29) is 0 Å². The molecule has 0 aromatic heterocycles. The summed E-state index contributed by atoms with van der Waals surface area (Å²) in [6.07, 6.45) is 7.08. The summed E-state index contributed by atoms with van der Waals surface area (Å²) in [6, 6.07) is 1.71. The first-order valence-corrected chi connectivity index (χ1v) is 7.66. The van der Waals surface area contributed by atoms with E-state index in [2.05, 4.69) is 31.0 Å². The molecule has 2 heteroatoms. The highest BCUT2D eigenvalue weighted by Crippen LogP contribution is 2.28. The van der Waals surface area contributed by atoms with Gasteiger partial charge in [0.25, 0.3) is 0 Å². The second kappa shape index (κ2) is 6.19. The van der Waals surface area contributed by atoms with E-state index in [9.17, 15) is 0 Å². The molecule has 0 bridgehead atoms. The van der Waals surface area contributed by atoms with Crippen molar-refractivity contribution < 1.29 is 0 Å². The van der Waals surface area contributed by atoms with Crippen LogP contribution in [0.1, 0.15) is 52.9 Å². The zero-order chi connectivity index (χ0) is 12.3. The van der Waals surface area contributed by atoms with Crippen molar-refractivity contribution in [1.29, 1.82) is 0 Å². The molecule has 0 spiro atoms. The van der Waals surface area contributed by atoms with E-state index in [1.165, 1.54) is 51.7 Å². The predicted molar refractivity (Wildman–Crippen MR) is 74.2 cm³/mol. The van der Waals surface area contributed by atoms with Crippen molar-refractivity contribution in [2.24, 2.45) is 11.8 Å². The lowest BCUT2D eigenvalue weighted by Crippen LogP contribution is -2.41. The van der Waals surface area contributed by atoms with Crippen LogP contribution >= 0.6 is 0 Å². The molecule has 2 fully saturated rings. The number of hydrogen-bond acceptors (Lipinski definition) is 2. The normalized spacial score (nSPS) is 34.2. The van der Waals surface area contributed by atoms with E-state index in [1.54, 1.807) is 0 Å². The Morgan fingerprint density at radius 1 is 1.06 bits per heavy atom. The predicted octanol–water partition coefficient (Wildman–Crippen LogP) is 2.89. The zero-order valence-corrected chi connectivity index (χ0v) is 11.9. The first-order valence-electron chi connectivity index (χ1n) is 7.66. The van der Waals surface area contributed by atoms with Crippen LogP contribution in [0.3, 0.4) is 0 Å². The molecule has 2 rings (SSSR count). The zero-order valence-electron chi connectivity index (χ0n) is 11.9. The van der Waals surface area contributed by atoms with E-state index in [1.807, 2.05) is 0 Å². The molecule has 2 aliphatic carbocycles. The van der Waals surface area contributed by atoms with E-state index in [4.69, 9.17) is 0 Å². The van der Waals surface area contributed by atoms with Crippen LogP contribution in [0.4, 0.5) is 0 Å². The van der Waals surface area contributed by atoms with Crippen LogP contribution in [0, 0.1) is 11.8 Å². The molecule has 2 saturated carbocycles. The summed E-state index contributed by atoms with van der Waals surface area (Å²) in [6.45, 7) is 10.8. The molecule has 0 aliphatic heterocycles. The van der Waals surface area contributed by atoms with Gasteiger partial charge in [0.2, 0.25) is 0 Å². The first-order chi connectivity index (χ1) is 8.19.